The zero-order chi connectivity index (χ0) is 14.5. The third kappa shape index (κ3) is 3.22. The second-order valence-electron chi connectivity index (χ2n) is 4.00. The van der Waals surface area contributed by atoms with Crippen LogP contribution in [0, 0.1) is 3.57 Å². The molecule has 2 aromatic rings. The molecule has 0 aromatic heterocycles. The zero-order valence-corrected chi connectivity index (χ0v) is 13.3. The number of rotatable bonds is 4. The van der Waals surface area contributed by atoms with Crippen molar-refractivity contribution in [3.63, 3.8) is 0 Å². The van der Waals surface area contributed by atoms with Crippen molar-refractivity contribution >= 4 is 34.2 Å². The first kappa shape index (κ1) is 14.6. The van der Waals surface area contributed by atoms with Crippen molar-refractivity contribution in [3.8, 4) is 11.5 Å². The summed E-state index contributed by atoms with van der Waals surface area (Å²) in [5.74, 6) is 0.941. The lowest BCUT2D eigenvalue weighted by molar-refractivity contribution is 0.102. The van der Waals surface area contributed by atoms with E-state index in [0.717, 1.165) is 9.26 Å². The molecule has 0 aliphatic heterocycles. The number of nitrogens with one attached hydrogen (secondary N) is 1. The minimum Gasteiger partial charge on any atom is -0.493 e. The molecule has 4 nitrogen and oxygen atoms in total. The Kier molecular flexibility index (Phi) is 4.84. The first-order chi connectivity index (χ1) is 9.65. The van der Waals surface area contributed by atoms with Gasteiger partial charge in [-0.05, 0) is 52.9 Å². The van der Waals surface area contributed by atoms with Crippen LogP contribution in [-0.2, 0) is 0 Å². The van der Waals surface area contributed by atoms with Gasteiger partial charge in [-0.1, -0.05) is 12.1 Å². The minimum atomic E-state index is -0.185. The average molecular weight is 383 g/mol. The molecule has 104 valence electrons. The van der Waals surface area contributed by atoms with Crippen LogP contribution >= 0.6 is 22.6 Å². The lowest BCUT2D eigenvalue weighted by Crippen LogP contribution is -2.13. The summed E-state index contributed by atoms with van der Waals surface area (Å²) in [6, 6.07) is 12.7. The number of anilines is 1. The molecule has 0 radical (unpaired) electrons. The van der Waals surface area contributed by atoms with Crippen LogP contribution < -0.4 is 14.8 Å². The van der Waals surface area contributed by atoms with Gasteiger partial charge in [0.15, 0.2) is 11.5 Å². The highest BCUT2D eigenvalue weighted by atomic mass is 127. The molecule has 1 amide bonds. The quantitative estimate of drug-likeness (QED) is 0.822. The normalized spacial score (nSPS) is 9.95. The Labute approximate surface area is 131 Å². The van der Waals surface area contributed by atoms with Crippen molar-refractivity contribution in [1.29, 1.82) is 0 Å². The van der Waals surface area contributed by atoms with Gasteiger partial charge in [0.2, 0.25) is 0 Å². The summed E-state index contributed by atoms with van der Waals surface area (Å²) in [7, 11) is 3.10. The summed E-state index contributed by atoms with van der Waals surface area (Å²) in [4.78, 5) is 12.2. The van der Waals surface area contributed by atoms with E-state index >= 15 is 0 Å². The average Bonchev–Trinajstić information content (AvgIpc) is 2.48. The van der Waals surface area contributed by atoms with Crippen molar-refractivity contribution in [2.45, 2.75) is 0 Å². The molecule has 0 bridgehead atoms. The van der Waals surface area contributed by atoms with E-state index in [0.29, 0.717) is 17.1 Å². The van der Waals surface area contributed by atoms with Gasteiger partial charge in [-0.15, -0.1) is 0 Å². The summed E-state index contributed by atoms with van der Waals surface area (Å²) in [6.45, 7) is 0. The molecular weight excluding hydrogens is 369 g/mol. The highest BCUT2D eigenvalue weighted by Crippen LogP contribution is 2.28. The second kappa shape index (κ2) is 6.60. The topological polar surface area (TPSA) is 47.6 Å². The van der Waals surface area contributed by atoms with Gasteiger partial charge in [0, 0.05) is 9.13 Å². The number of hydrogen-bond acceptors (Lipinski definition) is 3. The van der Waals surface area contributed by atoms with Gasteiger partial charge in [-0.3, -0.25) is 4.79 Å². The van der Waals surface area contributed by atoms with E-state index in [1.165, 1.54) is 0 Å². The van der Waals surface area contributed by atoms with Crippen LogP contribution in [-0.4, -0.2) is 20.1 Å². The fourth-order valence-electron chi connectivity index (χ4n) is 1.73. The Hall–Kier alpha value is -1.76. The second-order valence-corrected chi connectivity index (χ2v) is 5.17. The molecule has 2 aromatic carbocycles. The van der Waals surface area contributed by atoms with Crippen LogP contribution in [0.1, 0.15) is 10.4 Å². The first-order valence-corrected chi connectivity index (χ1v) is 7.01. The molecule has 0 spiro atoms. The third-order valence-corrected chi connectivity index (χ3v) is 3.71. The van der Waals surface area contributed by atoms with Crippen molar-refractivity contribution in [2.24, 2.45) is 0 Å². The Morgan fingerprint density at radius 3 is 2.40 bits per heavy atom. The number of methoxy groups -OCH3 is 2. The minimum absolute atomic E-state index is 0.185. The van der Waals surface area contributed by atoms with E-state index in [1.54, 1.807) is 32.4 Å². The fourth-order valence-corrected chi connectivity index (χ4v) is 2.26. The Morgan fingerprint density at radius 1 is 1.05 bits per heavy atom. The van der Waals surface area contributed by atoms with Gasteiger partial charge in [0.1, 0.15) is 0 Å². The van der Waals surface area contributed by atoms with Crippen molar-refractivity contribution in [3.05, 3.63) is 51.6 Å². The number of ether oxygens (including phenoxy) is 2. The van der Waals surface area contributed by atoms with Gasteiger partial charge < -0.3 is 14.8 Å². The van der Waals surface area contributed by atoms with Gasteiger partial charge >= 0.3 is 0 Å². The number of benzene rings is 2. The molecule has 0 aliphatic carbocycles. The smallest absolute Gasteiger partial charge is 0.255 e. The molecule has 1 N–H and O–H groups in total. The highest BCUT2D eigenvalue weighted by molar-refractivity contribution is 14.1. The van der Waals surface area contributed by atoms with Crippen molar-refractivity contribution in [2.75, 3.05) is 19.5 Å². The third-order valence-electron chi connectivity index (χ3n) is 2.77. The van der Waals surface area contributed by atoms with Gasteiger partial charge in [0.05, 0.1) is 19.9 Å². The summed E-state index contributed by atoms with van der Waals surface area (Å²) in [5.41, 5.74) is 1.30. The van der Waals surface area contributed by atoms with Crippen LogP contribution in [0.4, 0.5) is 5.69 Å². The molecule has 0 unspecified atom stereocenters. The molecule has 0 heterocycles. The molecule has 20 heavy (non-hydrogen) atoms. The van der Waals surface area contributed by atoms with E-state index in [-0.39, 0.29) is 5.91 Å². The number of para-hydroxylation sites is 1. The van der Waals surface area contributed by atoms with Crippen molar-refractivity contribution < 1.29 is 14.3 Å². The van der Waals surface area contributed by atoms with Crippen LogP contribution in [0.2, 0.25) is 0 Å². The summed E-state index contributed by atoms with van der Waals surface area (Å²) in [5, 5.41) is 2.87. The summed E-state index contributed by atoms with van der Waals surface area (Å²) < 4.78 is 11.3. The number of carbonyl (C=O) groups is 1. The predicted octanol–water partition coefficient (Wildman–Crippen LogP) is 3.56. The Morgan fingerprint density at radius 2 is 1.75 bits per heavy atom. The molecule has 0 atom stereocenters. The maximum absolute atomic E-state index is 12.2. The molecule has 0 saturated carbocycles. The lowest BCUT2D eigenvalue weighted by Gasteiger charge is -2.10. The lowest BCUT2D eigenvalue weighted by atomic mass is 10.2. The molecule has 0 saturated heterocycles. The predicted molar refractivity (Wildman–Crippen MR) is 86.7 cm³/mol. The molecule has 0 aliphatic rings. The standard InChI is InChI=1S/C15H14INO3/c1-19-13-8-7-10(9-14(13)20-2)15(18)17-12-6-4-3-5-11(12)16/h3-9H,1-2H3,(H,17,18). The van der Waals surface area contributed by atoms with E-state index in [2.05, 4.69) is 27.9 Å². The summed E-state index contributed by atoms with van der Waals surface area (Å²) >= 11 is 2.18. The van der Waals surface area contributed by atoms with E-state index in [9.17, 15) is 4.79 Å². The van der Waals surface area contributed by atoms with Gasteiger partial charge in [-0.25, -0.2) is 0 Å². The molecule has 0 fully saturated rings. The first-order valence-electron chi connectivity index (χ1n) is 5.93. The molecule has 2 rings (SSSR count). The van der Waals surface area contributed by atoms with Crippen LogP contribution in [0.25, 0.3) is 0 Å². The zero-order valence-electron chi connectivity index (χ0n) is 11.1. The van der Waals surface area contributed by atoms with Crippen LogP contribution in [0.3, 0.4) is 0 Å². The largest absolute Gasteiger partial charge is 0.493 e. The Bertz CT molecular complexity index is 628. The number of carbonyl (C=O) groups excluding carboxylic acids is 1. The van der Waals surface area contributed by atoms with Crippen LogP contribution in [0.5, 0.6) is 11.5 Å². The van der Waals surface area contributed by atoms with E-state index in [1.807, 2.05) is 24.3 Å². The fraction of sp³-hybridized carbons (Fsp3) is 0.133. The maximum Gasteiger partial charge on any atom is 0.255 e. The van der Waals surface area contributed by atoms with E-state index < -0.39 is 0 Å². The maximum atomic E-state index is 12.2. The van der Waals surface area contributed by atoms with Gasteiger partial charge in [0.25, 0.3) is 5.91 Å². The van der Waals surface area contributed by atoms with Crippen LogP contribution in [0.15, 0.2) is 42.5 Å². The molecular formula is C15H14INO3. The monoisotopic (exact) mass is 383 g/mol. The van der Waals surface area contributed by atoms with E-state index in [4.69, 9.17) is 9.47 Å². The Balaban J connectivity index is 2.24. The van der Waals surface area contributed by atoms with Crippen molar-refractivity contribution in [1.82, 2.24) is 0 Å². The van der Waals surface area contributed by atoms with Gasteiger partial charge in [-0.2, -0.15) is 0 Å². The highest BCUT2D eigenvalue weighted by Gasteiger charge is 2.11. The molecule has 5 heteroatoms. The summed E-state index contributed by atoms with van der Waals surface area (Å²) in [6.07, 6.45) is 0. The number of amides is 1. The number of halogens is 1. The SMILES string of the molecule is COc1ccc(C(=O)Nc2ccccc2I)cc1OC. The number of hydrogen-bond donors (Lipinski definition) is 1.